The predicted octanol–water partition coefficient (Wildman–Crippen LogP) is 4.46. The van der Waals surface area contributed by atoms with E-state index >= 15 is 0 Å². The highest BCUT2D eigenvalue weighted by atomic mass is 79.9. The molecule has 1 heterocycles. The molecule has 1 aromatic rings. The van der Waals surface area contributed by atoms with Crippen LogP contribution in [0.4, 0.5) is 0 Å². The minimum atomic E-state index is 0.371. The second kappa shape index (κ2) is 5.29. The normalized spacial score (nSPS) is 12.0. The van der Waals surface area contributed by atoms with Gasteiger partial charge in [-0.1, -0.05) is 20.8 Å². The van der Waals surface area contributed by atoms with Gasteiger partial charge >= 0.3 is 0 Å². The highest BCUT2D eigenvalue weighted by molar-refractivity contribution is 9.11. The van der Waals surface area contributed by atoms with Crippen LogP contribution in [0.2, 0.25) is 0 Å². The van der Waals surface area contributed by atoms with Gasteiger partial charge in [0, 0.05) is 11.5 Å². The van der Waals surface area contributed by atoms with Crippen molar-refractivity contribution in [1.82, 2.24) is 0 Å². The lowest BCUT2D eigenvalue weighted by atomic mass is 9.93. The van der Waals surface area contributed by atoms with Gasteiger partial charge in [0.1, 0.15) is 0 Å². The van der Waals surface area contributed by atoms with E-state index in [4.69, 9.17) is 4.74 Å². The van der Waals surface area contributed by atoms with E-state index in [2.05, 4.69) is 48.8 Å². The molecule has 1 aromatic heterocycles. The van der Waals surface area contributed by atoms with E-state index in [0.29, 0.717) is 5.41 Å². The largest absolute Gasteiger partial charge is 0.376 e. The molecule has 0 radical (unpaired) electrons. The molecule has 0 aromatic carbocycles. The third-order valence-corrected chi connectivity index (χ3v) is 3.47. The van der Waals surface area contributed by atoms with E-state index in [-0.39, 0.29) is 0 Å². The van der Waals surface area contributed by atoms with Crippen molar-refractivity contribution in [2.45, 2.75) is 33.8 Å². The molecule has 0 saturated carbocycles. The van der Waals surface area contributed by atoms with Gasteiger partial charge in [-0.3, -0.25) is 0 Å². The molecule has 0 atom stereocenters. The van der Waals surface area contributed by atoms with Crippen LogP contribution in [0, 0.1) is 5.41 Å². The summed E-state index contributed by atoms with van der Waals surface area (Å²) in [5.74, 6) is 0. The van der Waals surface area contributed by atoms with Gasteiger partial charge in [0.15, 0.2) is 0 Å². The predicted molar refractivity (Wildman–Crippen MR) is 65.7 cm³/mol. The van der Waals surface area contributed by atoms with E-state index < -0.39 is 0 Å². The summed E-state index contributed by atoms with van der Waals surface area (Å²) < 4.78 is 6.77. The summed E-state index contributed by atoms with van der Waals surface area (Å²) in [7, 11) is 0. The van der Waals surface area contributed by atoms with Gasteiger partial charge in [-0.25, -0.2) is 0 Å². The second-order valence-corrected chi connectivity index (χ2v) is 7.12. The summed E-state index contributed by atoms with van der Waals surface area (Å²) in [4.78, 5) is 1.28. The van der Waals surface area contributed by atoms with Crippen LogP contribution in [0.5, 0.6) is 0 Å². The van der Waals surface area contributed by atoms with Crippen molar-refractivity contribution in [1.29, 1.82) is 0 Å². The first-order valence-electron chi connectivity index (χ1n) is 4.79. The average molecular weight is 277 g/mol. The van der Waals surface area contributed by atoms with Crippen molar-refractivity contribution in [2.24, 2.45) is 5.41 Å². The molecule has 14 heavy (non-hydrogen) atoms. The standard InChI is InChI=1S/C11H17BrOS/c1-11(2,3)6-7-13-8-9-4-5-10(12)14-9/h4-5H,6-8H2,1-3H3. The molecule has 0 spiro atoms. The molecule has 1 rings (SSSR count). The number of thiophene rings is 1. The molecule has 0 aliphatic carbocycles. The average Bonchev–Trinajstić information content (AvgIpc) is 2.44. The maximum Gasteiger partial charge on any atom is 0.0809 e. The van der Waals surface area contributed by atoms with Gasteiger partial charge in [0.05, 0.1) is 10.4 Å². The molecule has 80 valence electrons. The summed E-state index contributed by atoms with van der Waals surface area (Å²) in [6.07, 6.45) is 1.11. The summed E-state index contributed by atoms with van der Waals surface area (Å²) in [6, 6.07) is 4.17. The minimum Gasteiger partial charge on any atom is -0.376 e. The third-order valence-electron chi connectivity index (χ3n) is 1.87. The van der Waals surface area contributed by atoms with Crippen LogP contribution in [-0.2, 0) is 11.3 Å². The van der Waals surface area contributed by atoms with Crippen molar-refractivity contribution < 1.29 is 4.74 Å². The first-order chi connectivity index (χ1) is 6.47. The van der Waals surface area contributed by atoms with Crippen molar-refractivity contribution >= 4 is 27.3 Å². The van der Waals surface area contributed by atoms with E-state index in [1.165, 1.54) is 8.66 Å². The molecule has 0 N–H and O–H groups in total. The Morgan fingerprint density at radius 1 is 1.36 bits per heavy atom. The zero-order valence-electron chi connectivity index (χ0n) is 8.97. The van der Waals surface area contributed by atoms with Crippen LogP contribution in [0.3, 0.4) is 0 Å². The quantitative estimate of drug-likeness (QED) is 0.738. The molecule has 0 aliphatic rings. The van der Waals surface area contributed by atoms with Crippen LogP contribution in [0.25, 0.3) is 0 Å². The maximum absolute atomic E-state index is 5.60. The van der Waals surface area contributed by atoms with E-state index in [9.17, 15) is 0 Å². The Bertz CT molecular complexity index is 275. The second-order valence-electron chi connectivity index (χ2n) is 4.57. The minimum absolute atomic E-state index is 0.371. The Balaban J connectivity index is 2.16. The molecule has 0 amide bonds. The van der Waals surface area contributed by atoms with Gasteiger partial charge in [0.25, 0.3) is 0 Å². The number of rotatable bonds is 4. The fourth-order valence-corrected chi connectivity index (χ4v) is 2.40. The lowest BCUT2D eigenvalue weighted by Crippen LogP contribution is -2.09. The number of hydrogen-bond donors (Lipinski definition) is 0. The van der Waals surface area contributed by atoms with Crippen LogP contribution in [0.1, 0.15) is 32.1 Å². The highest BCUT2D eigenvalue weighted by Crippen LogP contribution is 2.23. The van der Waals surface area contributed by atoms with E-state index in [0.717, 1.165) is 19.6 Å². The molecule has 1 nitrogen and oxygen atoms in total. The van der Waals surface area contributed by atoms with Crippen molar-refractivity contribution in [3.8, 4) is 0 Å². The highest BCUT2D eigenvalue weighted by Gasteiger charge is 2.09. The zero-order valence-corrected chi connectivity index (χ0v) is 11.4. The summed E-state index contributed by atoms with van der Waals surface area (Å²) in [5.41, 5.74) is 0.371. The molecule has 3 heteroatoms. The maximum atomic E-state index is 5.60. The van der Waals surface area contributed by atoms with E-state index in [1.54, 1.807) is 11.3 Å². The van der Waals surface area contributed by atoms with Gasteiger partial charge in [-0.2, -0.15) is 0 Å². The Labute approximate surface area is 98.6 Å². The van der Waals surface area contributed by atoms with Crippen LogP contribution in [-0.4, -0.2) is 6.61 Å². The van der Waals surface area contributed by atoms with Crippen molar-refractivity contribution in [2.75, 3.05) is 6.61 Å². The van der Waals surface area contributed by atoms with Gasteiger partial charge in [0.2, 0.25) is 0 Å². The van der Waals surface area contributed by atoms with Crippen LogP contribution in [0.15, 0.2) is 15.9 Å². The van der Waals surface area contributed by atoms with E-state index in [1.807, 2.05) is 0 Å². The number of halogens is 1. The molecular weight excluding hydrogens is 260 g/mol. The lowest BCUT2D eigenvalue weighted by Gasteiger charge is -2.17. The first-order valence-corrected chi connectivity index (χ1v) is 6.40. The molecule has 0 fully saturated rings. The van der Waals surface area contributed by atoms with Crippen molar-refractivity contribution in [3.63, 3.8) is 0 Å². The fraction of sp³-hybridized carbons (Fsp3) is 0.636. The fourth-order valence-electron chi connectivity index (χ4n) is 0.980. The topological polar surface area (TPSA) is 9.23 Å². The summed E-state index contributed by atoms with van der Waals surface area (Å²) >= 11 is 5.17. The Hall–Kier alpha value is 0.140. The molecule has 0 bridgehead atoms. The molecule has 0 unspecified atom stereocenters. The van der Waals surface area contributed by atoms with Gasteiger partial charge < -0.3 is 4.74 Å². The zero-order chi connectivity index (χ0) is 10.6. The SMILES string of the molecule is CC(C)(C)CCOCc1ccc(Br)s1. The first kappa shape index (κ1) is 12.2. The van der Waals surface area contributed by atoms with Crippen LogP contribution >= 0.6 is 27.3 Å². The summed E-state index contributed by atoms with van der Waals surface area (Å²) in [6.45, 7) is 8.29. The third kappa shape index (κ3) is 5.13. The molecule has 0 saturated heterocycles. The smallest absolute Gasteiger partial charge is 0.0809 e. The van der Waals surface area contributed by atoms with Gasteiger partial charge in [-0.15, -0.1) is 11.3 Å². The van der Waals surface area contributed by atoms with Crippen molar-refractivity contribution in [3.05, 3.63) is 20.8 Å². The Morgan fingerprint density at radius 3 is 2.57 bits per heavy atom. The summed E-state index contributed by atoms with van der Waals surface area (Å²) in [5, 5.41) is 0. The Kier molecular flexibility index (Phi) is 4.61. The molecule has 0 aliphatic heterocycles. The van der Waals surface area contributed by atoms with Gasteiger partial charge in [-0.05, 0) is 39.9 Å². The monoisotopic (exact) mass is 276 g/mol. The Morgan fingerprint density at radius 2 is 2.07 bits per heavy atom. The lowest BCUT2D eigenvalue weighted by molar-refractivity contribution is 0.0980. The van der Waals surface area contributed by atoms with Crippen LogP contribution < -0.4 is 0 Å². The number of hydrogen-bond acceptors (Lipinski definition) is 2. The number of ether oxygens (including phenoxy) is 1. The molecular formula is C11H17BrOS.